The summed E-state index contributed by atoms with van der Waals surface area (Å²) in [5.41, 5.74) is 0.992. The summed E-state index contributed by atoms with van der Waals surface area (Å²) in [4.78, 5) is 14.0. The highest BCUT2D eigenvalue weighted by Gasteiger charge is 2.22. The summed E-state index contributed by atoms with van der Waals surface area (Å²) in [5, 5.41) is 12.1. The molecule has 0 unspecified atom stereocenters. The van der Waals surface area contributed by atoms with Crippen LogP contribution in [0, 0.1) is 23.1 Å². The molecule has 1 saturated heterocycles. The lowest BCUT2D eigenvalue weighted by Crippen LogP contribution is -2.38. The lowest BCUT2D eigenvalue weighted by molar-refractivity contribution is -0.128. The minimum Gasteiger partial charge on any atom is -0.386 e. The smallest absolute Gasteiger partial charge is 0.265 e. The molecular formula is C17H20FN3O. The number of carbonyl (C=O) groups excluding carboxylic acids is 1. The van der Waals surface area contributed by atoms with Gasteiger partial charge in [-0.05, 0) is 36.5 Å². The predicted molar refractivity (Wildman–Crippen MR) is 81.9 cm³/mol. The third-order valence-electron chi connectivity index (χ3n) is 3.89. The zero-order valence-electron chi connectivity index (χ0n) is 12.7. The summed E-state index contributed by atoms with van der Waals surface area (Å²) in [7, 11) is 0. The normalized spacial score (nSPS) is 16.2. The minimum atomic E-state index is -0.286. The van der Waals surface area contributed by atoms with Crippen molar-refractivity contribution >= 4 is 5.91 Å². The number of nitrogens with zero attached hydrogens (tertiary/aromatic N) is 2. The lowest BCUT2D eigenvalue weighted by Gasteiger charge is -2.30. The Hall–Kier alpha value is -2.35. The van der Waals surface area contributed by atoms with E-state index in [1.807, 2.05) is 6.07 Å². The van der Waals surface area contributed by atoms with Crippen molar-refractivity contribution in [1.29, 1.82) is 5.26 Å². The van der Waals surface area contributed by atoms with Crippen LogP contribution in [0.4, 0.5) is 4.39 Å². The van der Waals surface area contributed by atoms with Gasteiger partial charge in [0.1, 0.15) is 17.5 Å². The van der Waals surface area contributed by atoms with Crippen LogP contribution in [-0.4, -0.2) is 23.9 Å². The number of carbonyl (C=O) groups is 1. The van der Waals surface area contributed by atoms with Crippen LogP contribution < -0.4 is 5.32 Å². The summed E-state index contributed by atoms with van der Waals surface area (Å²) in [6.45, 7) is 4.02. The number of rotatable bonds is 4. The fraction of sp³-hybridized carbons (Fsp3) is 0.412. The fourth-order valence-electron chi connectivity index (χ4n) is 2.40. The Morgan fingerprint density at radius 3 is 2.64 bits per heavy atom. The van der Waals surface area contributed by atoms with E-state index < -0.39 is 0 Å². The van der Waals surface area contributed by atoms with Crippen molar-refractivity contribution in [3.05, 3.63) is 47.4 Å². The van der Waals surface area contributed by atoms with Crippen molar-refractivity contribution in [3.8, 4) is 6.07 Å². The van der Waals surface area contributed by atoms with Gasteiger partial charge >= 0.3 is 0 Å². The second kappa shape index (κ2) is 7.60. The maximum Gasteiger partial charge on any atom is 0.265 e. The highest BCUT2D eigenvalue weighted by atomic mass is 19.1. The topological polar surface area (TPSA) is 56.1 Å². The summed E-state index contributed by atoms with van der Waals surface area (Å²) < 4.78 is 12.8. The number of likely N-dealkylation sites (tertiary alicyclic amines) is 1. The number of piperidine rings is 1. The van der Waals surface area contributed by atoms with Crippen molar-refractivity contribution in [3.63, 3.8) is 0 Å². The van der Waals surface area contributed by atoms with Crippen LogP contribution in [0.1, 0.15) is 25.3 Å². The number of halogens is 1. The Morgan fingerprint density at radius 1 is 1.41 bits per heavy atom. The summed E-state index contributed by atoms with van der Waals surface area (Å²) in [6, 6.07) is 8.04. The van der Waals surface area contributed by atoms with Gasteiger partial charge < -0.3 is 10.2 Å². The molecule has 1 aliphatic heterocycles. The molecule has 116 valence electrons. The van der Waals surface area contributed by atoms with Gasteiger partial charge in [0.2, 0.25) is 0 Å². The molecule has 1 amide bonds. The Kier molecular flexibility index (Phi) is 5.54. The second-order valence-corrected chi connectivity index (χ2v) is 5.65. The summed E-state index contributed by atoms with van der Waals surface area (Å²) in [5.74, 6) is 0.127. The van der Waals surface area contributed by atoms with Gasteiger partial charge in [-0.15, -0.1) is 0 Å². The molecule has 0 aromatic heterocycles. The van der Waals surface area contributed by atoms with Gasteiger partial charge in [-0.1, -0.05) is 19.1 Å². The van der Waals surface area contributed by atoms with Gasteiger partial charge in [0.15, 0.2) is 0 Å². The molecule has 1 aromatic carbocycles. The molecule has 0 aliphatic carbocycles. The van der Waals surface area contributed by atoms with Crippen molar-refractivity contribution in [1.82, 2.24) is 10.2 Å². The van der Waals surface area contributed by atoms with Gasteiger partial charge in [-0.25, -0.2) is 4.39 Å². The van der Waals surface area contributed by atoms with Gasteiger partial charge in [0.25, 0.3) is 5.91 Å². The Bertz CT molecular complexity index is 581. The van der Waals surface area contributed by atoms with Crippen LogP contribution in [0.2, 0.25) is 0 Å². The van der Waals surface area contributed by atoms with Crippen LogP contribution >= 0.6 is 0 Å². The van der Waals surface area contributed by atoms with Gasteiger partial charge in [0, 0.05) is 25.8 Å². The molecule has 1 fully saturated rings. The molecule has 1 heterocycles. The van der Waals surface area contributed by atoms with E-state index in [1.54, 1.807) is 17.0 Å². The predicted octanol–water partition coefficient (Wildman–Crippen LogP) is 2.58. The monoisotopic (exact) mass is 301 g/mol. The zero-order valence-corrected chi connectivity index (χ0v) is 12.7. The van der Waals surface area contributed by atoms with E-state index in [2.05, 4.69) is 12.2 Å². The highest BCUT2D eigenvalue weighted by Crippen LogP contribution is 2.17. The third-order valence-corrected chi connectivity index (χ3v) is 3.89. The molecule has 22 heavy (non-hydrogen) atoms. The molecule has 0 saturated carbocycles. The third kappa shape index (κ3) is 4.32. The van der Waals surface area contributed by atoms with E-state index in [0.717, 1.165) is 18.4 Å². The quantitative estimate of drug-likeness (QED) is 0.687. The van der Waals surface area contributed by atoms with Crippen LogP contribution in [0.5, 0.6) is 0 Å². The van der Waals surface area contributed by atoms with Crippen LogP contribution in [0.15, 0.2) is 36.0 Å². The molecule has 0 radical (unpaired) electrons. The standard InChI is InChI=1S/C17H20FN3O/c1-13-6-8-21(9-7-13)17(22)15(10-19)12-20-11-14-2-4-16(18)5-3-14/h2-5,12-13,20H,6-9,11H2,1H3/b15-12-. The number of benzene rings is 1. The molecule has 2 rings (SSSR count). The number of nitrogens with one attached hydrogen (secondary N) is 1. The second-order valence-electron chi connectivity index (χ2n) is 5.65. The largest absolute Gasteiger partial charge is 0.386 e. The maximum absolute atomic E-state index is 12.8. The Morgan fingerprint density at radius 2 is 2.05 bits per heavy atom. The molecule has 4 nitrogen and oxygen atoms in total. The van der Waals surface area contributed by atoms with E-state index in [-0.39, 0.29) is 17.3 Å². The van der Waals surface area contributed by atoms with Crippen LogP contribution in [0.25, 0.3) is 0 Å². The van der Waals surface area contributed by atoms with Crippen molar-refractivity contribution in [2.45, 2.75) is 26.3 Å². The van der Waals surface area contributed by atoms with Crippen LogP contribution in [0.3, 0.4) is 0 Å². The van der Waals surface area contributed by atoms with E-state index >= 15 is 0 Å². The number of nitriles is 1. The van der Waals surface area contributed by atoms with Gasteiger partial charge in [-0.2, -0.15) is 5.26 Å². The summed E-state index contributed by atoms with van der Waals surface area (Å²) >= 11 is 0. The first-order valence-corrected chi connectivity index (χ1v) is 7.47. The fourth-order valence-corrected chi connectivity index (χ4v) is 2.40. The van der Waals surface area contributed by atoms with E-state index in [1.165, 1.54) is 18.3 Å². The van der Waals surface area contributed by atoms with Crippen molar-refractivity contribution in [2.24, 2.45) is 5.92 Å². The van der Waals surface area contributed by atoms with Gasteiger partial charge in [0.05, 0.1) is 0 Å². The number of amides is 1. The molecule has 0 bridgehead atoms. The Balaban J connectivity index is 1.91. The number of hydrogen-bond acceptors (Lipinski definition) is 3. The Labute approximate surface area is 130 Å². The molecular weight excluding hydrogens is 281 g/mol. The SMILES string of the molecule is CC1CCN(C(=O)/C(C#N)=C\NCc2ccc(F)cc2)CC1. The molecule has 1 aromatic rings. The van der Waals surface area contributed by atoms with E-state index in [9.17, 15) is 9.18 Å². The first-order valence-electron chi connectivity index (χ1n) is 7.47. The molecule has 0 atom stereocenters. The van der Waals surface area contributed by atoms with E-state index in [4.69, 9.17) is 5.26 Å². The van der Waals surface area contributed by atoms with Gasteiger partial charge in [-0.3, -0.25) is 4.79 Å². The van der Waals surface area contributed by atoms with Crippen LogP contribution in [-0.2, 0) is 11.3 Å². The lowest BCUT2D eigenvalue weighted by atomic mass is 9.99. The molecule has 1 N–H and O–H groups in total. The minimum absolute atomic E-state index is 0.108. The average Bonchev–Trinajstić information content (AvgIpc) is 2.53. The first-order chi connectivity index (χ1) is 10.6. The van der Waals surface area contributed by atoms with Crippen molar-refractivity contribution < 1.29 is 9.18 Å². The first kappa shape index (κ1) is 16.0. The average molecular weight is 301 g/mol. The molecule has 5 heteroatoms. The molecule has 0 spiro atoms. The maximum atomic E-state index is 12.8. The molecule has 1 aliphatic rings. The van der Waals surface area contributed by atoms with E-state index in [0.29, 0.717) is 25.6 Å². The summed E-state index contributed by atoms with van der Waals surface area (Å²) in [6.07, 6.45) is 3.41. The zero-order chi connectivity index (χ0) is 15.9. The highest BCUT2D eigenvalue weighted by molar-refractivity contribution is 5.97. The number of hydrogen-bond donors (Lipinski definition) is 1. The van der Waals surface area contributed by atoms with Crippen molar-refractivity contribution in [2.75, 3.05) is 13.1 Å².